The summed E-state index contributed by atoms with van der Waals surface area (Å²) in [6.07, 6.45) is -1.30. The summed E-state index contributed by atoms with van der Waals surface area (Å²) >= 11 is 1.51. The molecule has 1 aromatic carbocycles. The number of pyridine rings is 1. The zero-order valence-electron chi connectivity index (χ0n) is 16.2. The Hall–Kier alpha value is -2.94. The smallest absolute Gasteiger partial charge is 0.412 e. The zero-order valence-corrected chi connectivity index (χ0v) is 17.0. The lowest BCUT2D eigenvalue weighted by atomic mass is 10.2. The molecule has 1 amide bonds. The number of carbonyl (C=O) groups excluding carboxylic acids is 1. The van der Waals surface area contributed by atoms with E-state index in [0.717, 1.165) is 10.4 Å². The van der Waals surface area contributed by atoms with Gasteiger partial charge in [-0.05, 0) is 29.1 Å². The molecule has 0 atom stereocenters. The highest BCUT2D eigenvalue weighted by Crippen LogP contribution is 2.25. The van der Waals surface area contributed by atoms with Crippen LogP contribution in [0.3, 0.4) is 0 Å². The largest absolute Gasteiger partial charge is 0.444 e. The van der Waals surface area contributed by atoms with E-state index in [2.05, 4.69) is 5.32 Å². The van der Waals surface area contributed by atoms with Gasteiger partial charge < -0.3 is 18.8 Å². The maximum Gasteiger partial charge on any atom is 0.412 e. The molecule has 8 heteroatoms. The summed E-state index contributed by atoms with van der Waals surface area (Å²) in [5.41, 5.74) is 1.32. The number of rotatable bonds is 8. The van der Waals surface area contributed by atoms with E-state index in [0.29, 0.717) is 5.69 Å². The number of ether oxygens (including phenoxy) is 3. The van der Waals surface area contributed by atoms with Crippen LogP contribution >= 0.6 is 11.3 Å². The van der Waals surface area contributed by atoms with Crippen molar-refractivity contribution in [2.75, 3.05) is 19.5 Å². The minimum absolute atomic E-state index is 0.115. The van der Waals surface area contributed by atoms with Crippen LogP contribution in [-0.4, -0.2) is 31.2 Å². The highest BCUT2D eigenvalue weighted by Gasteiger charge is 2.17. The van der Waals surface area contributed by atoms with Gasteiger partial charge in [0.05, 0.1) is 17.1 Å². The Bertz CT molecular complexity index is 982. The molecule has 0 unspecified atom stereocenters. The highest BCUT2D eigenvalue weighted by atomic mass is 32.1. The van der Waals surface area contributed by atoms with E-state index in [9.17, 15) is 9.59 Å². The number of thiophene rings is 1. The minimum atomic E-state index is -0.698. The first-order valence-electron chi connectivity index (χ1n) is 8.93. The molecular weight excluding hydrogens is 392 g/mol. The molecule has 0 saturated heterocycles. The number of nitrogens with one attached hydrogen (secondary N) is 1. The monoisotopic (exact) mass is 414 g/mol. The number of carbonyl (C=O) groups is 1. The summed E-state index contributed by atoms with van der Waals surface area (Å²) in [5.74, 6) is 0. The van der Waals surface area contributed by atoms with Crippen molar-refractivity contribution >= 4 is 23.1 Å². The molecule has 0 radical (unpaired) electrons. The predicted octanol–water partition coefficient (Wildman–Crippen LogP) is 3.94. The fourth-order valence-electron chi connectivity index (χ4n) is 2.76. The standard InChI is InChI=1S/C21H22N2O5S/c1-26-19(27-2)13-23-17(18-9-6-12-29-18)11-10-16(20(23)24)22-21(25)28-14-15-7-4-3-5-8-15/h3-12,19H,13-14H2,1-2H3,(H,22,25). The van der Waals surface area contributed by atoms with Crippen LogP contribution in [0.1, 0.15) is 5.56 Å². The van der Waals surface area contributed by atoms with Crippen molar-refractivity contribution in [3.63, 3.8) is 0 Å². The van der Waals surface area contributed by atoms with Gasteiger partial charge in [0.25, 0.3) is 5.56 Å². The molecule has 0 bridgehead atoms. The molecule has 3 aromatic rings. The Morgan fingerprint density at radius 2 is 1.83 bits per heavy atom. The summed E-state index contributed by atoms with van der Waals surface area (Å²) in [6.45, 7) is 0.289. The van der Waals surface area contributed by atoms with E-state index in [1.54, 1.807) is 12.1 Å². The van der Waals surface area contributed by atoms with E-state index >= 15 is 0 Å². The number of hydrogen-bond acceptors (Lipinski definition) is 6. The molecule has 0 aliphatic heterocycles. The quantitative estimate of drug-likeness (QED) is 0.565. The molecule has 152 valence electrons. The molecule has 1 N–H and O–H groups in total. The number of methoxy groups -OCH3 is 2. The second-order valence-electron chi connectivity index (χ2n) is 6.11. The topological polar surface area (TPSA) is 78.8 Å². The highest BCUT2D eigenvalue weighted by molar-refractivity contribution is 7.13. The van der Waals surface area contributed by atoms with Crippen molar-refractivity contribution in [3.05, 3.63) is 75.9 Å². The molecule has 0 fully saturated rings. The first-order chi connectivity index (χ1) is 14.1. The summed E-state index contributed by atoms with van der Waals surface area (Å²) < 4.78 is 17.2. The minimum Gasteiger partial charge on any atom is -0.444 e. The molecule has 0 spiro atoms. The fraction of sp³-hybridized carbons (Fsp3) is 0.238. The van der Waals surface area contributed by atoms with E-state index in [1.165, 1.54) is 30.1 Å². The average Bonchev–Trinajstić information content (AvgIpc) is 3.28. The lowest BCUT2D eigenvalue weighted by Gasteiger charge is -2.19. The number of aromatic nitrogens is 1. The number of hydrogen-bond donors (Lipinski definition) is 1. The van der Waals surface area contributed by atoms with Gasteiger partial charge >= 0.3 is 6.09 Å². The van der Waals surface area contributed by atoms with Crippen LogP contribution in [0.4, 0.5) is 10.5 Å². The van der Waals surface area contributed by atoms with Crippen molar-refractivity contribution in [1.82, 2.24) is 4.57 Å². The van der Waals surface area contributed by atoms with Crippen LogP contribution in [0, 0.1) is 0 Å². The van der Waals surface area contributed by atoms with E-state index in [-0.39, 0.29) is 24.4 Å². The molecule has 2 heterocycles. The summed E-state index contributed by atoms with van der Waals surface area (Å²) in [5, 5.41) is 4.46. The van der Waals surface area contributed by atoms with Crippen LogP contribution < -0.4 is 10.9 Å². The van der Waals surface area contributed by atoms with Gasteiger partial charge in [-0.3, -0.25) is 10.1 Å². The Morgan fingerprint density at radius 3 is 2.48 bits per heavy atom. The Kier molecular flexibility index (Phi) is 7.18. The third-order valence-corrected chi connectivity index (χ3v) is 5.15. The van der Waals surface area contributed by atoms with Gasteiger partial charge in [0.15, 0.2) is 6.29 Å². The van der Waals surface area contributed by atoms with E-state index in [4.69, 9.17) is 14.2 Å². The molecule has 0 saturated carbocycles. The number of benzene rings is 1. The number of nitrogens with zero attached hydrogens (tertiary/aromatic N) is 1. The maximum absolute atomic E-state index is 13.0. The SMILES string of the molecule is COC(Cn1c(-c2cccs2)ccc(NC(=O)OCc2ccccc2)c1=O)OC. The summed E-state index contributed by atoms with van der Waals surface area (Å²) in [4.78, 5) is 26.1. The zero-order chi connectivity index (χ0) is 20.6. The fourth-order valence-corrected chi connectivity index (χ4v) is 3.52. The summed E-state index contributed by atoms with van der Waals surface area (Å²) in [6, 6.07) is 16.5. The molecule has 0 aliphatic carbocycles. The Balaban J connectivity index is 1.82. The van der Waals surface area contributed by atoms with Crippen LogP contribution in [-0.2, 0) is 27.4 Å². The van der Waals surface area contributed by atoms with Gasteiger partial charge in [-0.25, -0.2) is 4.79 Å². The van der Waals surface area contributed by atoms with Crippen molar-refractivity contribution in [2.24, 2.45) is 0 Å². The van der Waals surface area contributed by atoms with Crippen molar-refractivity contribution in [3.8, 4) is 10.6 Å². The molecule has 0 aliphatic rings. The van der Waals surface area contributed by atoms with E-state index in [1.807, 2.05) is 47.8 Å². The first-order valence-corrected chi connectivity index (χ1v) is 9.81. The first kappa shape index (κ1) is 20.8. The van der Waals surface area contributed by atoms with Crippen LogP contribution in [0.25, 0.3) is 10.6 Å². The summed E-state index contributed by atoms with van der Waals surface area (Å²) in [7, 11) is 3.01. The van der Waals surface area contributed by atoms with Gasteiger partial charge in [-0.2, -0.15) is 0 Å². The van der Waals surface area contributed by atoms with Gasteiger partial charge in [0, 0.05) is 14.2 Å². The third-order valence-electron chi connectivity index (χ3n) is 4.25. The van der Waals surface area contributed by atoms with E-state index < -0.39 is 12.4 Å². The lowest BCUT2D eigenvalue weighted by molar-refractivity contribution is -0.111. The Labute approximate surface area is 172 Å². The lowest BCUT2D eigenvalue weighted by Crippen LogP contribution is -2.32. The van der Waals surface area contributed by atoms with Crippen molar-refractivity contribution in [1.29, 1.82) is 0 Å². The van der Waals surface area contributed by atoms with Gasteiger partial charge in [0.2, 0.25) is 0 Å². The molecule has 3 rings (SSSR count). The van der Waals surface area contributed by atoms with Crippen LogP contribution in [0.2, 0.25) is 0 Å². The second kappa shape index (κ2) is 10.0. The van der Waals surface area contributed by atoms with Crippen molar-refractivity contribution in [2.45, 2.75) is 19.4 Å². The third kappa shape index (κ3) is 5.32. The number of anilines is 1. The van der Waals surface area contributed by atoms with Gasteiger partial charge in [0.1, 0.15) is 12.3 Å². The second-order valence-corrected chi connectivity index (χ2v) is 7.06. The van der Waals surface area contributed by atoms with Crippen LogP contribution in [0.15, 0.2) is 64.8 Å². The molecule has 7 nitrogen and oxygen atoms in total. The van der Waals surface area contributed by atoms with Gasteiger partial charge in [-0.1, -0.05) is 36.4 Å². The van der Waals surface area contributed by atoms with Crippen LogP contribution in [0.5, 0.6) is 0 Å². The predicted molar refractivity (Wildman–Crippen MR) is 112 cm³/mol. The molecular formula is C21H22N2O5S. The molecule has 2 aromatic heterocycles. The Morgan fingerprint density at radius 1 is 1.07 bits per heavy atom. The normalized spacial score (nSPS) is 10.9. The average molecular weight is 414 g/mol. The molecule has 29 heavy (non-hydrogen) atoms. The number of amides is 1. The maximum atomic E-state index is 13.0. The van der Waals surface area contributed by atoms with Gasteiger partial charge in [-0.15, -0.1) is 11.3 Å². The van der Waals surface area contributed by atoms with Crippen molar-refractivity contribution < 1.29 is 19.0 Å².